The molecule has 2 aromatic rings. The van der Waals surface area contributed by atoms with E-state index < -0.39 is 23.7 Å². The van der Waals surface area contributed by atoms with Gasteiger partial charge in [-0.2, -0.15) is 0 Å². The average molecular weight is 448 g/mol. The number of carbonyl (C=O) groups is 1. The molecule has 0 spiro atoms. The molecule has 1 fully saturated rings. The second kappa shape index (κ2) is 9.53. The highest BCUT2D eigenvalue weighted by molar-refractivity contribution is 6.30. The van der Waals surface area contributed by atoms with Gasteiger partial charge in [0.2, 0.25) is 0 Å². The van der Waals surface area contributed by atoms with Gasteiger partial charge in [-0.25, -0.2) is 4.79 Å². The number of rotatable bonds is 5. The normalized spacial score (nSPS) is 22.0. The highest BCUT2D eigenvalue weighted by Crippen LogP contribution is 2.33. The molecule has 0 saturated carbocycles. The van der Waals surface area contributed by atoms with E-state index in [1.165, 1.54) is 10.6 Å². The number of carboxylic acids is 1. The molecular formula is C23H26ClNO6. The van der Waals surface area contributed by atoms with Crippen molar-refractivity contribution in [3.05, 3.63) is 57.0 Å². The summed E-state index contributed by atoms with van der Waals surface area (Å²) < 4.78 is 12.8. The number of aromatic nitrogens is 1. The lowest BCUT2D eigenvalue weighted by atomic mass is 9.92. The average Bonchev–Trinajstić information content (AvgIpc) is 2.76. The summed E-state index contributed by atoms with van der Waals surface area (Å²) in [6.07, 6.45) is 4.46. The summed E-state index contributed by atoms with van der Waals surface area (Å²) in [5.41, 5.74) is 2.67. The maximum atomic E-state index is 13.0. The zero-order valence-corrected chi connectivity index (χ0v) is 17.9. The Labute approximate surface area is 185 Å². The van der Waals surface area contributed by atoms with Crippen LogP contribution in [0.15, 0.2) is 35.3 Å². The molecule has 2 aliphatic rings. The van der Waals surface area contributed by atoms with Crippen LogP contribution in [-0.2, 0) is 27.3 Å². The second-order valence-electron chi connectivity index (χ2n) is 8.16. The summed E-state index contributed by atoms with van der Waals surface area (Å²) >= 11 is 6.22. The van der Waals surface area contributed by atoms with Gasteiger partial charge in [-0.3, -0.25) is 4.79 Å². The minimum atomic E-state index is -1.07. The molecule has 2 unspecified atom stereocenters. The predicted octanol–water partition coefficient (Wildman–Crippen LogP) is 3.19. The molecule has 1 aromatic heterocycles. The fraction of sp³-hybridized carbons (Fsp3) is 0.478. The second-order valence-corrected chi connectivity index (χ2v) is 8.59. The molecule has 7 nitrogen and oxygen atoms in total. The van der Waals surface area contributed by atoms with Gasteiger partial charge < -0.3 is 24.3 Å². The van der Waals surface area contributed by atoms with E-state index in [1.807, 2.05) is 6.07 Å². The van der Waals surface area contributed by atoms with Crippen LogP contribution in [0.25, 0.3) is 11.1 Å². The molecule has 0 aliphatic carbocycles. The largest absolute Gasteiger partial charge is 0.480 e. The minimum Gasteiger partial charge on any atom is -0.480 e. The Morgan fingerprint density at radius 2 is 1.97 bits per heavy atom. The van der Waals surface area contributed by atoms with E-state index in [0.29, 0.717) is 29.2 Å². The van der Waals surface area contributed by atoms with Gasteiger partial charge in [0, 0.05) is 42.3 Å². The van der Waals surface area contributed by atoms with Crippen LogP contribution in [0, 0.1) is 0 Å². The third-order valence-corrected chi connectivity index (χ3v) is 6.27. The van der Waals surface area contributed by atoms with Crippen molar-refractivity contribution in [3.63, 3.8) is 0 Å². The molecule has 3 atom stereocenters. The standard InChI is InChI=1S/C23H26ClNO6/c24-16-5-4-14-7-18(12-26)31-13-15-11-25(22(27)10-20(15)19(14)8-16)21(23(28)29)9-17-3-1-2-6-30-17/h4-5,8,10-11,17-18,21,26H,1-3,6-7,9,12-13H2,(H,28,29)/t17-,18?,21?/m0/s1. The first-order chi connectivity index (χ1) is 15.0. The summed E-state index contributed by atoms with van der Waals surface area (Å²) in [5, 5.41) is 20.1. The summed E-state index contributed by atoms with van der Waals surface area (Å²) in [7, 11) is 0. The number of aliphatic hydroxyl groups excluding tert-OH is 1. The summed E-state index contributed by atoms with van der Waals surface area (Å²) in [4.78, 5) is 25.1. The maximum Gasteiger partial charge on any atom is 0.326 e. The Morgan fingerprint density at radius 1 is 1.16 bits per heavy atom. The number of aliphatic hydroxyl groups is 1. The zero-order valence-electron chi connectivity index (χ0n) is 17.1. The van der Waals surface area contributed by atoms with Gasteiger partial charge in [-0.1, -0.05) is 17.7 Å². The Morgan fingerprint density at radius 3 is 2.68 bits per heavy atom. The summed E-state index contributed by atoms with van der Waals surface area (Å²) in [6, 6.07) is 5.86. The lowest BCUT2D eigenvalue weighted by molar-refractivity contribution is -0.142. The number of ether oxygens (including phenoxy) is 2. The number of nitrogens with zero attached hydrogens (tertiary/aromatic N) is 1. The SMILES string of the molecule is O=C(O)C(C[C@@H]1CCCCO1)n1cc2c(cc1=O)-c1cc(Cl)ccc1CC(CO)OC2. The topological polar surface area (TPSA) is 98.0 Å². The summed E-state index contributed by atoms with van der Waals surface area (Å²) in [6.45, 7) is 0.622. The fourth-order valence-corrected chi connectivity index (χ4v) is 4.56. The van der Waals surface area contributed by atoms with Gasteiger partial charge in [0.05, 0.1) is 25.4 Å². The van der Waals surface area contributed by atoms with Gasteiger partial charge in [-0.15, -0.1) is 0 Å². The van der Waals surface area contributed by atoms with E-state index in [1.54, 1.807) is 18.3 Å². The van der Waals surface area contributed by atoms with Crippen LogP contribution in [0.1, 0.15) is 42.9 Å². The molecule has 4 rings (SSSR count). The molecule has 2 N–H and O–H groups in total. The molecule has 0 amide bonds. The van der Waals surface area contributed by atoms with Crippen molar-refractivity contribution in [2.24, 2.45) is 0 Å². The number of carboxylic acid groups (broad SMARTS) is 1. The molecule has 3 heterocycles. The number of benzene rings is 1. The molecule has 1 aromatic carbocycles. The molecule has 1 saturated heterocycles. The fourth-order valence-electron chi connectivity index (χ4n) is 4.38. The van der Waals surface area contributed by atoms with E-state index in [2.05, 4.69) is 0 Å². The number of pyridine rings is 1. The number of aliphatic carboxylic acids is 1. The Balaban J connectivity index is 1.77. The van der Waals surface area contributed by atoms with Crippen molar-refractivity contribution in [3.8, 4) is 11.1 Å². The molecule has 166 valence electrons. The quantitative estimate of drug-likeness (QED) is 0.730. The Bertz CT molecular complexity index is 1010. The molecular weight excluding hydrogens is 422 g/mol. The highest BCUT2D eigenvalue weighted by atomic mass is 35.5. The van der Waals surface area contributed by atoms with Gasteiger partial charge in [0.1, 0.15) is 6.04 Å². The van der Waals surface area contributed by atoms with E-state index in [0.717, 1.165) is 30.4 Å². The van der Waals surface area contributed by atoms with Crippen LogP contribution < -0.4 is 5.56 Å². The third-order valence-electron chi connectivity index (χ3n) is 6.03. The van der Waals surface area contributed by atoms with Gasteiger partial charge in [0.25, 0.3) is 5.56 Å². The molecule has 2 aliphatic heterocycles. The molecule has 0 bridgehead atoms. The number of hydrogen-bond acceptors (Lipinski definition) is 5. The maximum absolute atomic E-state index is 13.0. The first-order valence-corrected chi connectivity index (χ1v) is 10.9. The van der Waals surface area contributed by atoms with Crippen LogP contribution >= 0.6 is 11.6 Å². The van der Waals surface area contributed by atoms with Crippen molar-refractivity contribution in [1.82, 2.24) is 4.57 Å². The van der Waals surface area contributed by atoms with Crippen molar-refractivity contribution in [2.45, 2.75) is 57.0 Å². The predicted molar refractivity (Wildman–Crippen MR) is 115 cm³/mol. The van der Waals surface area contributed by atoms with Crippen LogP contribution in [-0.4, -0.2) is 46.2 Å². The van der Waals surface area contributed by atoms with E-state index in [4.69, 9.17) is 21.1 Å². The third kappa shape index (κ3) is 4.85. The van der Waals surface area contributed by atoms with Crippen molar-refractivity contribution in [1.29, 1.82) is 0 Å². The van der Waals surface area contributed by atoms with Gasteiger partial charge in [-0.05, 0) is 48.1 Å². The van der Waals surface area contributed by atoms with Crippen molar-refractivity contribution in [2.75, 3.05) is 13.2 Å². The van der Waals surface area contributed by atoms with Crippen molar-refractivity contribution >= 4 is 17.6 Å². The number of halogens is 1. The monoisotopic (exact) mass is 447 g/mol. The van der Waals surface area contributed by atoms with E-state index >= 15 is 0 Å². The highest BCUT2D eigenvalue weighted by Gasteiger charge is 2.28. The van der Waals surface area contributed by atoms with Gasteiger partial charge >= 0.3 is 5.97 Å². The van der Waals surface area contributed by atoms with Crippen LogP contribution in [0.3, 0.4) is 0 Å². The first-order valence-electron chi connectivity index (χ1n) is 10.6. The minimum absolute atomic E-state index is 0.145. The molecule has 8 heteroatoms. The number of hydrogen-bond donors (Lipinski definition) is 2. The van der Waals surface area contributed by atoms with Crippen LogP contribution in [0.2, 0.25) is 5.02 Å². The van der Waals surface area contributed by atoms with Crippen molar-refractivity contribution < 1.29 is 24.5 Å². The van der Waals surface area contributed by atoms with E-state index in [9.17, 15) is 19.8 Å². The Hall–Kier alpha value is -2.19. The first kappa shape index (κ1) is 22.0. The van der Waals surface area contributed by atoms with Crippen LogP contribution in [0.4, 0.5) is 0 Å². The van der Waals surface area contributed by atoms with Crippen LogP contribution in [0.5, 0.6) is 0 Å². The zero-order chi connectivity index (χ0) is 22.0. The van der Waals surface area contributed by atoms with E-state index in [-0.39, 0.29) is 25.7 Å². The lowest BCUT2D eigenvalue weighted by Crippen LogP contribution is -2.34. The number of fused-ring (bicyclic) bond motifs is 3. The molecule has 0 radical (unpaired) electrons. The smallest absolute Gasteiger partial charge is 0.326 e. The Kier molecular flexibility index (Phi) is 6.77. The summed E-state index contributed by atoms with van der Waals surface area (Å²) in [5.74, 6) is -1.07. The lowest BCUT2D eigenvalue weighted by Gasteiger charge is -2.28. The van der Waals surface area contributed by atoms with Gasteiger partial charge in [0.15, 0.2) is 0 Å². The molecule has 31 heavy (non-hydrogen) atoms.